The summed E-state index contributed by atoms with van der Waals surface area (Å²) in [5, 5.41) is 5.39. The van der Waals surface area contributed by atoms with E-state index in [1.54, 1.807) is 12.0 Å². The molecule has 0 radical (unpaired) electrons. The molecule has 122 valence electrons. The maximum absolute atomic E-state index is 12.1. The quantitative estimate of drug-likeness (QED) is 0.668. The molecule has 2 rings (SSSR count). The van der Waals surface area contributed by atoms with E-state index in [2.05, 4.69) is 10.3 Å². The van der Waals surface area contributed by atoms with Gasteiger partial charge in [-0.1, -0.05) is 0 Å². The summed E-state index contributed by atoms with van der Waals surface area (Å²) < 4.78 is 4.96. The Bertz CT molecular complexity index is 520. The molecular weight excluding hydrogens is 304 g/mol. The molecule has 1 aromatic rings. The van der Waals surface area contributed by atoms with Gasteiger partial charge in [-0.3, -0.25) is 9.59 Å². The molecule has 0 saturated carbocycles. The first-order valence-electron chi connectivity index (χ1n) is 7.34. The Morgan fingerprint density at radius 2 is 2.45 bits per heavy atom. The van der Waals surface area contributed by atoms with E-state index in [0.717, 1.165) is 18.5 Å². The van der Waals surface area contributed by atoms with Crippen LogP contribution in [0.4, 0.5) is 5.13 Å². The minimum absolute atomic E-state index is 0.0233. The molecule has 1 aromatic heterocycles. The monoisotopic (exact) mass is 326 g/mol. The Morgan fingerprint density at radius 1 is 1.64 bits per heavy atom. The zero-order chi connectivity index (χ0) is 15.9. The van der Waals surface area contributed by atoms with Crippen LogP contribution >= 0.6 is 11.3 Å². The maximum atomic E-state index is 12.1. The predicted octanol–water partition coefficient (Wildman–Crippen LogP) is 0.269. The number of anilines is 1. The van der Waals surface area contributed by atoms with Crippen LogP contribution in [0.2, 0.25) is 0 Å². The van der Waals surface area contributed by atoms with Crippen molar-refractivity contribution in [3.8, 4) is 0 Å². The van der Waals surface area contributed by atoms with Gasteiger partial charge in [-0.15, -0.1) is 11.3 Å². The highest BCUT2D eigenvalue weighted by Crippen LogP contribution is 2.17. The second-order valence-electron chi connectivity index (χ2n) is 5.31. The molecular formula is C14H22N4O3S. The lowest BCUT2D eigenvalue weighted by Gasteiger charge is -2.15. The van der Waals surface area contributed by atoms with Gasteiger partial charge in [-0.2, -0.15) is 0 Å². The number of methoxy groups -OCH3 is 1. The number of aromatic nitrogens is 1. The van der Waals surface area contributed by atoms with Gasteiger partial charge in [0.15, 0.2) is 5.13 Å². The number of nitrogens with two attached hydrogens (primary N) is 1. The van der Waals surface area contributed by atoms with Crippen molar-refractivity contribution in [2.45, 2.75) is 19.3 Å². The Hall–Kier alpha value is -1.67. The third-order valence-electron chi connectivity index (χ3n) is 3.63. The highest BCUT2D eigenvalue weighted by atomic mass is 32.1. The van der Waals surface area contributed by atoms with E-state index in [-0.39, 0.29) is 24.2 Å². The van der Waals surface area contributed by atoms with Crippen LogP contribution in [0.15, 0.2) is 5.38 Å². The number of carbonyl (C=O) groups excluding carboxylic acids is 2. The summed E-state index contributed by atoms with van der Waals surface area (Å²) >= 11 is 1.42. The molecule has 1 aliphatic rings. The average molecular weight is 326 g/mol. The number of ether oxygens (including phenoxy) is 1. The Morgan fingerprint density at radius 3 is 3.14 bits per heavy atom. The van der Waals surface area contributed by atoms with Crippen LogP contribution in [0, 0.1) is 5.92 Å². The summed E-state index contributed by atoms with van der Waals surface area (Å²) in [7, 11) is 1.60. The van der Waals surface area contributed by atoms with Crippen LogP contribution in [0.1, 0.15) is 18.5 Å². The molecule has 8 heteroatoms. The third-order valence-corrected chi connectivity index (χ3v) is 4.35. The second kappa shape index (κ2) is 8.09. The number of nitrogens with zero attached hydrogens (tertiary/aromatic N) is 2. The van der Waals surface area contributed by atoms with E-state index < -0.39 is 0 Å². The van der Waals surface area contributed by atoms with Crippen molar-refractivity contribution in [3.05, 3.63) is 11.1 Å². The fourth-order valence-electron chi connectivity index (χ4n) is 2.43. The van der Waals surface area contributed by atoms with E-state index in [0.29, 0.717) is 31.4 Å². The van der Waals surface area contributed by atoms with E-state index in [9.17, 15) is 9.59 Å². The lowest BCUT2D eigenvalue weighted by atomic mass is 10.1. The molecule has 0 aromatic carbocycles. The molecule has 1 atom stereocenters. The first-order valence-corrected chi connectivity index (χ1v) is 8.22. The average Bonchev–Trinajstić information content (AvgIpc) is 3.07. The molecule has 0 aliphatic carbocycles. The molecule has 0 spiro atoms. The zero-order valence-corrected chi connectivity index (χ0v) is 13.5. The summed E-state index contributed by atoms with van der Waals surface area (Å²) in [4.78, 5) is 29.7. The van der Waals surface area contributed by atoms with Crippen LogP contribution in [0.25, 0.3) is 0 Å². The van der Waals surface area contributed by atoms with Crippen LogP contribution < -0.4 is 11.1 Å². The molecule has 0 bridgehead atoms. The van der Waals surface area contributed by atoms with Crippen LogP contribution in [-0.2, 0) is 20.7 Å². The molecule has 3 N–H and O–H groups in total. The van der Waals surface area contributed by atoms with Crippen molar-refractivity contribution < 1.29 is 14.3 Å². The Labute approximate surface area is 133 Å². The normalized spacial score (nSPS) is 18.0. The minimum atomic E-state index is -0.251. The van der Waals surface area contributed by atoms with Gasteiger partial charge in [0.05, 0.1) is 18.2 Å². The number of carbonyl (C=O) groups is 2. The van der Waals surface area contributed by atoms with Crippen LogP contribution in [0.3, 0.4) is 0 Å². The Balaban J connectivity index is 1.66. The number of hydrogen-bond donors (Lipinski definition) is 2. The first-order chi connectivity index (χ1) is 10.6. The number of nitrogens with one attached hydrogen (secondary N) is 1. The molecule has 0 unspecified atom stereocenters. The molecule has 7 nitrogen and oxygen atoms in total. The van der Waals surface area contributed by atoms with Crippen LogP contribution in [-0.4, -0.2) is 55.0 Å². The SMILES string of the molecule is COCCN1C[C@H](C(=O)NCCCc2csc(N)n2)CC1=O. The summed E-state index contributed by atoms with van der Waals surface area (Å²) in [6, 6.07) is 0. The number of nitrogen functional groups attached to an aromatic ring is 1. The number of aryl methyl sites for hydroxylation is 1. The number of hydrogen-bond acceptors (Lipinski definition) is 6. The van der Waals surface area contributed by atoms with Crippen molar-refractivity contribution in [3.63, 3.8) is 0 Å². The van der Waals surface area contributed by atoms with Crippen LogP contribution in [0.5, 0.6) is 0 Å². The zero-order valence-electron chi connectivity index (χ0n) is 12.7. The molecule has 2 heterocycles. The van der Waals surface area contributed by atoms with Crippen molar-refractivity contribution >= 4 is 28.3 Å². The van der Waals surface area contributed by atoms with Gasteiger partial charge in [-0.05, 0) is 12.8 Å². The number of thiazole rings is 1. The molecule has 2 amide bonds. The molecule has 22 heavy (non-hydrogen) atoms. The first kappa shape index (κ1) is 16.7. The summed E-state index contributed by atoms with van der Waals surface area (Å²) in [6.07, 6.45) is 1.89. The molecule has 1 fully saturated rings. The highest BCUT2D eigenvalue weighted by Gasteiger charge is 2.33. The lowest BCUT2D eigenvalue weighted by molar-refractivity contribution is -0.129. The minimum Gasteiger partial charge on any atom is -0.383 e. The third kappa shape index (κ3) is 4.67. The number of amides is 2. The van der Waals surface area contributed by atoms with Gasteiger partial charge in [-0.25, -0.2) is 4.98 Å². The van der Waals surface area contributed by atoms with E-state index in [1.165, 1.54) is 11.3 Å². The van der Waals surface area contributed by atoms with Gasteiger partial charge in [0.25, 0.3) is 0 Å². The molecule has 1 saturated heterocycles. The van der Waals surface area contributed by atoms with Gasteiger partial charge >= 0.3 is 0 Å². The fraction of sp³-hybridized carbons (Fsp3) is 0.643. The topological polar surface area (TPSA) is 97.6 Å². The Kier molecular flexibility index (Phi) is 6.14. The maximum Gasteiger partial charge on any atom is 0.225 e. The summed E-state index contributed by atoms with van der Waals surface area (Å²) in [6.45, 7) is 2.11. The second-order valence-corrected chi connectivity index (χ2v) is 6.19. The number of rotatable bonds is 8. The highest BCUT2D eigenvalue weighted by molar-refractivity contribution is 7.13. The van der Waals surface area contributed by atoms with E-state index in [1.807, 2.05) is 5.38 Å². The van der Waals surface area contributed by atoms with Gasteiger partial charge in [0.2, 0.25) is 11.8 Å². The molecule has 1 aliphatic heterocycles. The van der Waals surface area contributed by atoms with Gasteiger partial charge < -0.3 is 20.7 Å². The van der Waals surface area contributed by atoms with Crippen molar-refractivity contribution in [2.24, 2.45) is 5.92 Å². The van der Waals surface area contributed by atoms with Gasteiger partial charge in [0, 0.05) is 38.5 Å². The van der Waals surface area contributed by atoms with Crippen molar-refractivity contribution in [2.75, 3.05) is 39.1 Å². The van der Waals surface area contributed by atoms with Gasteiger partial charge in [0.1, 0.15) is 0 Å². The lowest BCUT2D eigenvalue weighted by Crippen LogP contribution is -2.34. The fourth-order valence-corrected chi connectivity index (χ4v) is 3.03. The number of likely N-dealkylation sites (tertiary alicyclic amines) is 1. The standard InChI is InChI=1S/C14H22N4O3S/c1-21-6-5-18-8-10(7-12(18)19)13(20)16-4-2-3-11-9-22-14(15)17-11/h9-10H,2-8H2,1H3,(H2,15,17)(H,16,20)/t10-/m1/s1. The smallest absolute Gasteiger partial charge is 0.225 e. The summed E-state index contributed by atoms with van der Waals surface area (Å²) in [5.74, 6) is -0.277. The van der Waals surface area contributed by atoms with Crippen molar-refractivity contribution in [1.29, 1.82) is 0 Å². The predicted molar refractivity (Wildman–Crippen MR) is 84.4 cm³/mol. The van der Waals surface area contributed by atoms with E-state index >= 15 is 0 Å². The van der Waals surface area contributed by atoms with E-state index in [4.69, 9.17) is 10.5 Å². The summed E-state index contributed by atoms with van der Waals surface area (Å²) in [5.41, 5.74) is 6.52. The van der Waals surface area contributed by atoms with Crippen molar-refractivity contribution in [1.82, 2.24) is 15.2 Å². The largest absolute Gasteiger partial charge is 0.383 e.